The number of methoxy groups -OCH3 is 1. The molecular formula is C19H22N2O6. The van der Waals surface area contributed by atoms with E-state index in [1.165, 1.54) is 20.1 Å². The summed E-state index contributed by atoms with van der Waals surface area (Å²) < 4.78 is 20.6. The molecule has 1 aromatic heterocycles. The number of ether oxygens (including phenoxy) is 3. The van der Waals surface area contributed by atoms with Crippen LogP contribution >= 0.6 is 0 Å². The average molecular weight is 374 g/mol. The minimum Gasteiger partial charge on any atom is -0.493 e. The van der Waals surface area contributed by atoms with Crippen LogP contribution in [0.1, 0.15) is 25.2 Å². The van der Waals surface area contributed by atoms with Crippen LogP contribution in [0, 0.1) is 6.92 Å². The van der Waals surface area contributed by atoms with Gasteiger partial charge < -0.3 is 24.1 Å². The molecular weight excluding hydrogens is 352 g/mol. The first kappa shape index (κ1) is 20.0. The number of aromatic nitrogens is 1. The van der Waals surface area contributed by atoms with E-state index in [0.29, 0.717) is 23.9 Å². The number of amides is 1. The molecule has 0 aliphatic carbocycles. The second-order valence-electron chi connectivity index (χ2n) is 5.57. The molecule has 0 aliphatic rings. The molecule has 1 aromatic carbocycles. The van der Waals surface area contributed by atoms with Gasteiger partial charge in [-0.3, -0.25) is 4.79 Å². The molecule has 8 heteroatoms. The highest BCUT2D eigenvalue weighted by Crippen LogP contribution is 2.28. The Morgan fingerprint density at radius 3 is 2.70 bits per heavy atom. The highest BCUT2D eigenvalue weighted by molar-refractivity contribution is 5.96. The third-order valence-electron chi connectivity index (χ3n) is 3.44. The van der Waals surface area contributed by atoms with E-state index in [0.717, 1.165) is 5.56 Å². The van der Waals surface area contributed by atoms with Crippen LogP contribution in [-0.4, -0.2) is 36.9 Å². The number of benzene rings is 1. The number of rotatable bonds is 8. The molecule has 2 aromatic rings. The van der Waals surface area contributed by atoms with Crippen LogP contribution in [0.3, 0.4) is 0 Å². The average Bonchev–Trinajstić information content (AvgIpc) is 3.05. The van der Waals surface area contributed by atoms with Gasteiger partial charge in [-0.25, -0.2) is 4.79 Å². The van der Waals surface area contributed by atoms with Gasteiger partial charge in [0.2, 0.25) is 0 Å². The molecule has 0 spiro atoms. The van der Waals surface area contributed by atoms with Crippen LogP contribution in [0.4, 0.5) is 5.82 Å². The van der Waals surface area contributed by atoms with Crippen LogP contribution in [0.25, 0.3) is 6.08 Å². The summed E-state index contributed by atoms with van der Waals surface area (Å²) in [6.45, 7) is 5.57. The maximum atomic E-state index is 12.0. The third kappa shape index (κ3) is 5.88. The molecule has 144 valence electrons. The van der Waals surface area contributed by atoms with Crippen LogP contribution < -0.4 is 14.8 Å². The summed E-state index contributed by atoms with van der Waals surface area (Å²) in [6.07, 6.45) is 1.81. The van der Waals surface area contributed by atoms with Gasteiger partial charge in [0.1, 0.15) is 5.76 Å². The van der Waals surface area contributed by atoms with E-state index >= 15 is 0 Å². The summed E-state index contributed by atoms with van der Waals surface area (Å²) >= 11 is 0. The van der Waals surface area contributed by atoms with Gasteiger partial charge in [0, 0.05) is 12.1 Å². The van der Waals surface area contributed by atoms with Gasteiger partial charge in [0.25, 0.3) is 5.91 Å². The zero-order chi connectivity index (χ0) is 19.8. The zero-order valence-corrected chi connectivity index (χ0v) is 15.6. The molecule has 0 unspecified atom stereocenters. The lowest BCUT2D eigenvalue weighted by atomic mass is 10.2. The summed E-state index contributed by atoms with van der Waals surface area (Å²) in [5.74, 6) is 0.840. The summed E-state index contributed by atoms with van der Waals surface area (Å²) in [4.78, 5) is 23.9. The van der Waals surface area contributed by atoms with Gasteiger partial charge in [-0.2, -0.15) is 0 Å². The lowest BCUT2D eigenvalue weighted by Gasteiger charge is -2.11. The van der Waals surface area contributed by atoms with Crippen molar-refractivity contribution in [2.45, 2.75) is 26.9 Å². The first-order valence-electron chi connectivity index (χ1n) is 8.36. The van der Waals surface area contributed by atoms with Crippen molar-refractivity contribution >= 4 is 23.8 Å². The van der Waals surface area contributed by atoms with Crippen LogP contribution in [0.5, 0.6) is 11.5 Å². The topological polar surface area (TPSA) is 99.9 Å². The van der Waals surface area contributed by atoms with Crippen molar-refractivity contribution in [3.05, 3.63) is 41.7 Å². The molecule has 1 atom stereocenters. The number of hydrogen-bond donors (Lipinski definition) is 1. The van der Waals surface area contributed by atoms with Crippen molar-refractivity contribution in [3.63, 3.8) is 0 Å². The molecule has 1 N–H and O–H groups in total. The second kappa shape index (κ2) is 9.42. The van der Waals surface area contributed by atoms with Gasteiger partial charge in [-0.1, -0.05) is 11.2 Å². The Bertz CT molecular complexity index is 827. The van der Waals surface area contributed by atoms with E-state index in [1.54, 1.807) is 37.3 Å². The Hall–Kier alpha value is -3.29. The summed E-state index contributed by atoms with van der Waals surface area (Å²) in [5.41, 5.74) is 0.724. The van der Waals surface area contributed by atoms with Crippen molar-refractivity contribution < 1.29 is 28.3 Å². The number of esters is 1. The molecule has 8 nitrogen and oxygen atoms in total. The largest absolute Gasteiger partial charge is 0.493 e. The molecule has 0 saturated carbocycles. The van der Waals surface area contributed by atoms with Gasteiger partial charge >= 0.3 is 5.97 Å². The molecule has 0 saturated heterocycles. The van der Waals surface area contributed by atoms with E-state index in [1.807, 2.05) is 6.92 Å². The van der Waals surface area contributed by atoms with Crippen molar-refractivity contribution in [1.82, 2.24) is 5.16 Å². The number of carbonyl (C=O) groups excluding carboxylic acids is 2. The molecule has 0 radical (unpaired) electrons. The molecule has 1 amide bonds. The molecule has 27 heavy (non-hydrogen) atoms. The minimum atomic E-state index is -0.992. The first-order valence-corrected chi connectivity index (χ1v) is 8.36. The number of carbonyl (C=O) groups is 2. The zero-order valence-electron chi connectivity index (χ0n) is 15.6. The number of anilines is 1. The van der Waals surface area contributed by atoms with Crippen LogP contribution in [-0.2, 0) is 14.3 Å². The smallest absolute Gasteiger partial charge is 0.331 e. The molecule has 0 aliphatic heterocycles. The minimum absolute atomic E-state index is 0.262. The quantitative estimate of drug-likeness (QED) is 0.560. The summed E-state index contributed by atoms with van der Waals surface area (Å²) in [7, 11) is 1.54. The van der Waals surface area contributed by atoms with Crippen molar-refractivity contribution in [2.24, 2.45) is 0 Å². The monoisotopic (exact) mass is 374 g/mol. The maximum absolute atomic E-state index is 12.0. The Morgan fingerprint density at radius 2 is 2.07 bits per heavy atom. The molecule has 0 bridgehead atoms. The summed E-state index contributed by atoms with van der Waals surface area (Å²) in [6, 6.07) is 6.83. The second-order valence-corrected chi connectivity index (χ2v) is 5.57. The normalized spacial score (nSPS) is 11.9. The predicted molar refractivity (Wildman–Crippen MR) is 98.6 cm³/mol. The molecule has 1 heterocycles. The summed E-state index contributed by atoms with van der Waals surface area (Å²) in [5, 5.41) is 6.15. The Kier molecular flexibility index (Phi) is 6.99. The molecule has 0 fully saturated rings. The number of nitrogens with zero attached hydrogens (tertiary/aromatic N) is 1. The fourth-order valence-corrected chi connectivity index (χ4v) is 2.15. The van der Waals surface area contributed by atoms with E-state index in [2.05, 4.69) is 10.5 Å². The number of aryl methyl sites for hydroxylation is 1. The standard InChI is InChI=1S/C19H22N2O6/c1-5-25-15-8-6-14(11-16(15)24-4)7-9-18(22)26-13(3)19(23)20-17-10-12(2)27-21-17/h6-11,13H,5H2,1-4H3,(H,20,21,23)/b9-7+/t13-/m1/s1. The predicted octanol–water partition coefficient (Wildman–Crippen LogP) is 2.97. The van der Waals surface area contributed by atoms with Crippen molar-refractivity contribution in [2.75, 3.05) is 19.0 Å². The fourth-order valence-electron chi connectivity index (χ4n) is 2.15. The number of hydrogen-bond acceptors (Lipinski definition) is 7. The third-order valence-corrected chi connectivity index (χ3v) is 3.44. The number of nitrogens with one attached hydrogen (secondary N) is 1. The fraction of sp³-hybridized carbons (Fsp3) is 0.316. The Morgan fingerprint density at radius 1 is 1.30 bits per heavy atom. The first-order chi connectivity index (χ1) is 12.9. The van der Waals surface area contributed by atoms with Crippen LogP contribution in [0.2, 0.25) is 0 Å². The van der Waals surface area contributed by atoms with E-state index in [-0.39, 0.29) is 5.82 Å². The van der Waals surface area contributed by atoms with Gasteiger partial charge in [0.15, 0.2) is 23.4 Å². The van der Waals surface area contributed by atoms with Gasteiger partial charge in [-0.15, -0.1) is 0 Å². The van der Waals surface area contributed by atoms with E-state index in [9.17, 15) is 9.59 Å². The van der Waals surface area contributed by atoms with Gasteiger partial charge in [-0.05, 0) is 44.5 Å². The highest BCUT2D eigenvalue weighted by Gasteiger charge is 2.18. The van der Waals surface area contributed by atoms with E-state index in [4.69, 9.17) is 18.7 Å². The van der Waals surface area contributed by atoms with E-state index < -0.39 is 18.0 Å². The molecule has 2 rings (SSSR count). The van der Waals surface area contributed by atoms with Crippen molar-refractivity contribution in [3.8, 4) is 11.5 Å². The SMILES string of the molecule is CCOc1ccc(/C=C/C(=O)O[C@H](C)C(=O)Nc2cc(C)on2)cc1OC. The van der Waals surface area contributed by atoms with Gasteiger partial charge in [0.05, 0.1) is 13.7 Å². The van der Waals surface area contributed by atoms with Crippen molar-refractivity contribution in [1.29, 1.82) is 0 Å². The Labute approximate surface area is 157 Å². The maximum Gasteiger partial charge on any atom is 0.331 e. The lowest BCUT2D eigenvalue weighted by Crippen LogP contribution is -2.29. The van der Waals surface area contributed by atoms with Crippen LogP contribution in [0.15, 0.2) is 34.9 Å². The highest BCUT2D eigenvalue weighted by atomic mass is 16.5. The Balaban J connectivity index is 1.93. The lowest BCUT2D eigenvalue weighted by molar-refractivity contribution is -0.148.